The number of pyridine rings is 1. The van der Waals surface area contributed by atoms with Gasteiger partial charge in [0.05, 0.1) is 23.3 Å². The monoisotopic (exact) mass is 287 g/mol. The molecule has 1 aromatic heterocycles. The van der Waals surface area contributed by atoms with E-state index in [9.17, 15) is 4.79 Å². The third-order valence-corrected chi connectivity index (χ3v) is 3.72. The maximum atomic E-state index is 12.4. The molecule has 4 rings (SSSR count). The number of hydrogen-bond acceptors (Lipinski definition) is 3. The van der Waals surface area contributed by atoms with E-state index in [2.05, 4.69) is 10.1 Å². The van der Waals surface area contributed by atoms with E-state index in [1.165, 1.54) is 5.01 Å². The van der Waals surface area contributed by atoms with E-state index in [0.717, 1.165) is 27.9 Å². The molecule has 1 aliphatic heterocycles. The van der Waals surface area contributed by atoms with E-state index in [1.54, 1.807) is 6.20 Å². The lowest BCUT2D eigenvalue weighted by molar-refractivity contribution is -0.116. The van der Waals surface area contributed by atoms with E-state index in [1.807, 2.05) is 60.7 Å². The summed E-state index contributed by atoms with van der Waals surface area (Å²) in [6.45, 7) is 0. The maximum absolute atomic E-state index is 12.4. The zero-order valence-corrected chi connectivity index (χ0v) is 11.8. The van der Waals surface area contributed by atoms with Gasteiger partial charge in [0.2, 0.25) is 0 Å². The smallest absolute Gasteiger partial charge is 0.253 e. The fourth-order valence-electron chi connectivity index (χ4n) is 2.67. The zero-order valence-electron chi connectivity index (χ0n) is 11.8. The molecule has 0 N–H and O–H groups in total. The number of para-hydroxylation sites is 1. The molecule has 0 fully saturated rings. The van der Waals surface area contributed by atoms with Gasteiger partial charge in [-0.05, 0) is 17.7 Å². The standard InChI is InChI=1S/C18H13N3O/c22-17-12-15(13-6-2-1-3-7-13)20-21(17)16-10-4-8-14-9-5-11-19-18(14)16/h1-11H,12H2. The Morgan fingerprint density at radius 2 is 1.73 bits per heavy atom. The van der Waals surface area contributed by atoms with Crippen molar-refractivity contribution in [2.75, 3.05) is 5.01 Å². The number of amides is 1. The van der Waals surface area contributed by atoms with Crippen LogP contribution in [0.5, 0.6) is 0 Å². The second kappa shape index (κ2) is 5.07. The lowest BCUT2D eigenvalue weighted by atomic mass is 10.1. The highest BCUT2D eigenvalue weighted by Crippen LogP contribution is 2.28. The second-order valence-corrected chi connectivity index (χ2v) is 5.15. The van der Waals surface area contributed by atoms with E-state index < -0.39 is 0 Å². The van der Waals surface area contributed by atoms with Gasteiger partial charge in [-0.1, -0.05) is 48.5 Å². The Morgan fingerprint density at radius 3 is 2.59 bits per heavy atom. The van der Waals surface area contributed by atoms with Gasteiger partial charge in [-0.15, -0.1) is 0 Å². The first kappa shape index (κ1) is 12.7. The third kappa shape index (κ3) is 2.05. The fraction of sp³-hybridized carbons (Fsp3) is 0.0556. The minimum atomic E-state index is -0.0305. The molecule has 0 saturated carbocycles. The Labute approximate surface area is 127 Å². The SMILES string of the molecule is O=C1CC(c2ccccc2)=NN1c1cccc2cccnc12. The van der Waals surface area contributed by atoms with Crippen LogP contribution in [0.4, 0.5) is 5.69 Å². The summed E-state index contributed by atoms with van der Waals surface area (Å²) in [7, 11) is 0. The minimum Gasteiger partial charge on any atom is -0.272 e. The molecule has 2 aromatic carbocycles. The molecule has 4 nitrogen and oxygen atoms in total. The van der Waals surface area contributed by atoms with Crippen molar-refractivity contribution in [1.29, 1.82) is 0 Å². The van der Waals surface area contributed by atoms with Crippen LogP contribution in [0.2, 0.25) is 0 Å². The lowest BCUT2D eigenvalue weighted by Gasteiger charge is -2.13. The maximum Gasteiger partial charge on any atom is 0.253 e. The van der Waals surface area contributed by atoms with E-state index >= 15 is 0 Å². The average Bonchev–Trinajstić information content (AvgIpc) is 2.97. The number of hydrogen-bond donors (Lipinski definition) is 0. The van der Waals surface area contributed by atoms with Crippen LogP contribution < -0.4 is 5.01 Å². The number of aromatic nitrogens is 1. The van der Waals surface area contributed by atoms with Gasteiger partial charge in [0.25, 0.3) is 5.91 Å². The first-order valence-corrected chi connectivity index (χ1v) is 7.12. The lowest BCUT2D eigenvalue weighted by Crippen LogP contribution is -2.19. The normalized spacial score (nSPS) is 14.5. The summed E-state index contributed by atoms with van der Waals surface area (Å²) in [5.41, 5.74) is 3.29. The number of anilines is 1. The van der Waals surface area contributed by atoms with Gasteiger partial charge in [-0.3, -0.25) is 9.78 Å². The van der Waals surface area contributed by atoms with Crippen molar-refractivity contribution in [1.82, 2.24) is 4.98 Å². The van der Waals surface area contributed by atoms with Crippen LogP contribution >= 0.6 is 0 Å². The number of rotatable bonds is 2. The van der Waals surface area contributed by atoms with Crippen LogP contribution in [0, 0.1) is 0 Å². The Balaban J connectivity index is 1.82. The number of fused-ring (bicyclic) bond motifs is 1. The fourth-order valence-corrected chi connectivity index (χ4v) is 2.67. The average molecular weight is 287 g/mol. The van der Waals surface area contributed by atoms with Crippen molar-refractivity contribution < 1.29 is 4.79 Å². The van der Waals surface area contributed by atoms with Crippen LogP contribution in [0.1, 0.15) is 12.0 Å². The molecular weight excluding hydrogens is 274 g/mol. The predicted octanol–water partition coefficient (Wildman–Crippen LogP) is 3.38. The molecule has 3 aromatic rings. The number of hydrazone groups is 1. The summed E-state index contributed by atoms with van der Waals surface area (Å²) in [5.74, 6) is -0.0305. The number of carbonyl (C=O) groups is 1. The molecular formula is C18H13N3O. The van der Waals surface area contributed by atoms with Crippen molar-refractivity contribution in [3.8, 4) is 0 Å². The second-order valence-electron chi connectivity index (χ2n) is 5.15. The van der Waals surface area contributed by atoms with Crippen LogP contribution in [-0.4, -0.2) is 16.6 Å². The number of carbonyl (C=O) groups excluding carboxylic acids is 1. The first-order valence-electron chi connectivity index (χ1n) is 7.12. The Morgan fingerprint density at radius 1 is 0.909 bits per heavy atom. The van der Waals surface area contributed by atoms with Gasteiger partial charge in [0, 0.05) is 11.6 Å². The van der Waals surface area contributed by atoms with Crippen LogP contribution in [0.3, 0.4) is 0 Å². The summed E-state index contributed by atoms with van der Waals surface area (Å²) in [4.78, 5) is 16.8. The van der Waals surface area contributed by atoms with Crippen LogP contribution in [0.15, 0.2) is 72.0 Å². The molecule has 2 heterocycles. The molecule has 4 heteroatoms. The summed E-state index contributed by atoms with van der Waals surface area (Å²) < 4.78 is 0. The van der Waals surface area contributed by atoms with Crippen molar-refractivity contribution >= 4 is 28.2 Å². The van der Waals surface area contributed by atoms with Crippen molar-refractivity contribution in [2.45, 2.75) is 6.42 Å². The quantitative estimate of drug-likeness (QED) is 0.725. The van der Waals surface area contributed by atoms with E-state index in [-0.39, 0.29) is 5.91 Å². The third-order valence-electron chi connectivity index (χ3n) is 3.72. The molecule has 22 heavy (non-hydrogen) atoms. The van der Waals surface area contributed by atoms with Crippen LogP contribution in [-0.2, 0) is 4.79 Å². The molecule has 0 radical (unpaired) electrons. The molecule has 1 amide bonds. The highest BCUT2D eigenvalue weighted by Gasteiger charge is 2.27. The van der Waals surface area contributed by atoms with Crippen molar-refractivity contribution in [3.05, 3.63) is 72.4 Å². The summed E-state index contributed by atoms with van der Waals surface area (Å²) in [5, 5.41) is 6.99. The molecule has 0 spiro atoms. The molecule has 1 aliphatic rings. The summed E-state index contributed by atoms with van der Waals surface area (Å²) >= 11 is 0. The molecule has 0 bridgehead atoms. The minimum absolute atomic E-state index is 0.0305. The van der Waals surface area contributed by atoms with Gasteiger partial charge < -0.3 is 0 Å². The Hall–Kier alpha value is -3.01. The number of nitrogens with zero attached hydrogens (tertiary/aromatic N) is 3. The topological polar surface area (TPSA) is 45.6 Å². The van der Waals surface area contributed by atoms with Crippen molar-refractivity contribution in [3.63, 3.8) is 0 Å². The molecule has 106 valence electrons. The summed E-state index contributed by atoms with van der Waals surface area (Å²) in [6, 6.07) is 19.4. The molecule has 0 saturated heterocycles. The highest BCUT2D eigenvalue weighted by atomic mass is 16.2. The molecule has 0 aliphatic carbocycles. The van der Waals surface area contributed by atoms with E-state index in [0.29, 0.717) is 6.42 Å². The molecule has 0 atom stereocenters. The predicted molar refractivity (Wildman–Crippen MR) is 86.8 cm³/mol. The Kier molecular flexibility index (Phi) is 2.93. The summed E-state index contributed by atoms with van der Waals surface area (Å²) in [6.07, 6.45) is 2.04. The highest BCUT2D eigenvalue weighted by molar-refractivity contribution is 6.20. The largest absolute Gasteiger partial charge is 0.272 e. The van der Waals surface area contributed by atoms with Crippen LogP contribution in [0.25, 0.3) is 10.9 Å². The van der Waals surface area contributed by atoms with Gasteiger partial charge in [-0.2, -0.15) is 10.1 Å². The van der Waals surface area contributed by atoms with E-state index in [4.69, 9.17) is 0 Å². The molecule has 0 unspecified atom stereocenters. The van der Waals surface area contributed by atoms with Gasteiger partial charge >= 0.3 is 0 Å². The Bertz CT molecular complexity index is 882. The van der Waals surface area contributed by atoms with Gasteiger partial charge in [0.1, 0.15) is 0 Å². The van der Waals surface area contributed by atoms with Gasteiger partial charge in [0.15, 0.2) is 0 Å². The van der Waals surface area contributed by atoms with Crippen molar-refractivity contribution in [2.24, 2.45) is 5.10 Å². The zero-order chi connectivity index (χ0) is 14.9. The number of benzene rings is 2. The first-order chi connectivity index (χ1) is 10.8. The van der Waals surface area contributed by atoms with Gasteiger partial charge in [-0.25, -0.2) is 0 Å².